The topological polar surface area (TPSA) is 62.7 Å². The molecule has 1 aliphatic rings. The summed E-state index contributed by atoms with van der Waals surface area (Å²) in [6.07, 6.45) is -2.12. The van der Waals surface area contributed by atoms with Crippen molar-refractivity contribution in [1.82, 2.24) is 15.0 Å². The summed E-state index contributed by atoms with van der Waals surface area (Å²) in [6, 6.07) is -1.61. The van der Waals surface area contributed by atoms with Gasteiger partial charge in [-0.2, -0.15) is 28.1 Å². The molecule has 1 aromatic rings. The first kappa shape index (κ1) is 15.1. The van der Waals surface area contributed by atoms with Crippen molar-refractivity contribution in [3.63, 3.8) is 0 Å². The predicted molar refractivity (Wildman–Crippen MR) is 69.8 cm³/mol. The number of aromatic nitrogens is 3. The molecule has 0 bridgehead atoms. The van der Waals surface area contributed by atoms with Crippen LogP contribution in [0.4, 0.5) is 25.1 Å². The van der Waals surface area contributed by atoms with Gasteiger partial charge in [-0.25, -0.2) is 0 Å². The normalized spacial score (nSPS) is 18.5. The zero-order chi connectivity index (χ0) is 14.9. The van der Waals surface area contributed by atoms with Crippen LogP contribution in [-0.4, -0.2) is 33.2 Å². The number of rotatable bonds is 5. The fourth-order valence-corrected chi connectivity index (χ4v) is 1.83. The van der Waals surface area contributed by atoms with Crippen molar-refractivity contribution in [3.05, 3.63) is 5.28 Å². The lowest BCUT2D eigenvalue weighted by molar-refractivity contribution is -0.138. The standard InChI is InChI=1S/C11H15ClF3N5/c1-5(7-3-4-7)16-9-18-8(12)19-10(20-9)17-6(2)11(13,14)15/h5-7H,3-4H2,1-2H3,(H2,16,17,18,19,20)/t5-,6-/m1/s1. The summed E-state index contributed by atoms with van der Waals surface area (Å²) in [5.74, 6) is 0.539. The Morgan fingerprint density at radius 3 is 2.15 bits per heavy atom. The Balaban J connectivity index is 2.07. The highest BCUT2D eigenvalue weighted by Gasteiger charge is 2.36. The van der Waals surface area contributed by atoms with E-state index in [1.54, 1.807) is 0 Å². The van der Waals surface area contributed by atoms with Crippen LogP contribution in [0.25, 0.3) is 0 Å². The molecule has 2 N–H and O–H groups in total. The van der Waals surface area contributed by atoms with E-state index in [-0.39, 0.29) is 23.2 Å². The van der Waals surface area contributed by atoms with Crippen LogP contribution in [0.2, 0.25) is 5.28 Å². The van der Waals surface area contributed by atoms with Gasteiger partial charge in [0.05, 0.1) is 0 Å². The molecular weight excluding hydrogens is 295 g/mol. The summed E-state index contributed by atoms with van der Waals surface area (Å²) in [5.41, 5.74) is 0. The molecule has 0 saturated heterocycles. The summed E-state index contributed by atoms with van der Waals surface area (Å²) in [5, 5.41) is 5.05. The summed E-state index contributed by atoms with van der Waals surface area (Å²) in [4.78, 5) is 11.4. The van der Waals surface area contributed by atoms with Crippen molar-refractivity contribution in [3.8, 4) is 0 Å². The summed E-state index contributed by atoms with van der Waals surface area (Å²) in [7, 11) is 0. The molecule has 20 heavy (non-hydrogen) atoms. The molecule has 0 aliphatic heterocycles. The van der Waals surface area contributed by atoms with Crippen molar-refractivity contribution in [2.45, 2.75) is 44.9 Å². The van der Waals surface area contributed by atoms with Gasteiger partial charge in [-0.05, 0) is 44.2 Å². The van der Waals surface area contributed by atoms with Gasteiger partial charge in [-0.1, -0.05) is 0 Å². The number of anilines is 2. The SMILES string of the molecule is C[C@@H](Nc1nc(Cl)nc(N[C@H](C)C(F)(F)F)n1)C1CC1. The number of nitrogens with one attached hydrogen (secondary N) is 2. The molecule has 0 amide bonds. The van der Waals surface area contributed by atoms with Crippen molar-refractivity contribution in [1.29, 1.82) is 0 Å². The second-order valence-electron chi connectivity index (χ2n) is 4.93. The molecule has 9 heteroatoms. The zero-order valence-electron chi connectivity index (χ0n) is 11.0. The van der Waals surface area contributed by atoms with Crippen LogP contribution in [0.3, 0.4) is 0 Å². The highest BCUT2D eigenvalue weighted by atomic mass is 35.5. The molecule has 0 unspecified atom stereocenters. The molecule has 112 valence electrons. The number of alkyl halides is 3. The average Bonchev–Trinajstić information content (AvgIpc) is 3.09. The van der Waals surface area contributed by atoms with E-state index >= 15 is 0 Å². The maximum absolute atomic E-state index is 12.5. The van der Waals surface area contributed by atoms with Crippen LogP contribution in [0.5, 0.6) is 0 Å². The van der Waals surface area contributed by atoms with Gasteiger partial charge in [0.1, 0.15) is 6.04 Å². The van der Waals surface area contributed by atoms with Crippen LogP contribution < -0.4 is 10.6 Å². The first-order valence-electron chi connectivity index (χ1n) is 6.27. The van der Waals surface area contributed by atoms with Crippen molar-refractivity contribution >= 4 is 23.5 Å². The maximum atomic E-state index is 12.5. The minimum atomic E-state index is -4.38. The van der Waals surface area contributed by atoms with Gasteiger partial charge < -0.3 is 10.6 Å². The lowest BCUT2D eigenvalue weighted by atomic mass is 10.2. The average molecular weight is 310 g/mol. The Morgan fingerprint density at radius 2 is 1.65 bits per heavy atom. The molecule has 5 nitrogen and oxygen atoms in total. The van der Waals surface area contributed by atoms with E-state index in [0.29, 0.717) is 5.92 Å². The third-order valence-electron chi connectivity index (χ3n) is 3.13. The number of hydrogen-bond acceptors (Lipinski definition) is 5. The van der Waals surface area contributed by atoms with Crippen LogP contribution in [0.15, 0.2) is 0 Å². The molecule has 1 heterocycles. The second kappa shape index (κ2) is 5.59. The van der Waals surface area contributed by atoms with E-state index < -0.39 is 12.2 Å². The van der Waals surface area contributed by atoms with Crippen LogP contribution in [0, 0.1) is 5.92 Å². The Bertz CT molecular complexity index is 478. The monoisotopic (exact) mass is 309 g/mol. The first-order chi connectivity index (χ1) is 9.25. The van der Waals surface area contributed by atoms with E-state index in [1.165, 1.54) is 0 Å². The summed E-state index contributed by atoms with van der Waals surface area (Å²) in [6.45, 7) is 2.96. The van der Waals surface area contributed by atoms with Crippen LogP contribution in [-0.2, 0) is 0 Å². The highest BCUT2D eigenvalue weighted by Crippen LogP contribution is 2.33. The van der Waals surface area contributed by atoms with Crippen LogP contribution >= 0.6 is 11.6 Å². The van der Waals surface area contributed by atoms with E-state index in [9.17, 15) is 13.2 Å². The molecule has 0 aromatic carbocycles. The molecule has 1 aliphatic carbocycles. The molecule has 0 radical (unpaired) electrons. The van der Waals surface area contributed by atoms with Crippen molar-refractivity contribution in [2.24, 2.45) is 5.92 Å². The van der Waals surface area contributed by atoms with Crippen molar-refractivity contribution in [2.75, 3.05) is 10.6 Å². The van der Waals surface area contributed by atoms with E-state index in [2.05, 4.69) is 25.6 Å². The fraction of sp³-hybridized carbons (Fsp3) is 0.727. The van der Waals surface area contributed by atoms with Crippen molar-refractivity contribution < 1.29 is 13.2 Å². The molecular formula is C11H15ClF3N5. The van der Waals surface area contributed by atoms with Gasteiger partial charge in [0.15, 0.2) is 0 Å². The predicted octanol–water partition coefficient (Wildman–Crippen LogP) is 3.10. The third kappa shape index (κ3) is 4.09. The number of nitrogens with zero attached hydrogens (tertiary/aromatic N) is 3. The van der Waals surface area contributed by atoms with E-state index in [4.69, 9.17) is 11.6 Å². The van der Waals surface area contributed by atoms with Gasteiger partial charge in [0.2, 0.25) is 17.2 Å². The molecule has 1 fully saturated rings. The summed E-state index contributed by atoms with van der Waals surface area (Å²) < 4.78 is 37.4. The largest absolute Gasteiger partial charge is 0.408 e. The molecule has 2 rings (SSSR count). The van der Waals surface area contributed by atoms with E-state index in [1.807, 2.05) is 6.92 Å². The minimum Gasteiger partial charge on any atom is -0.351 e. The highest BCUT2D eigenvalue weighted by molar-refractivity contribution is 6.28. The van der Waals surface area contributed by atoms with Gasteiger partial charge in [-0.3, -0.25) is 0 Å². The Hall–Kier alpha value is -1.31. The maximum Gasteiger partial charge on any atom is 0.408 e. The smallest absolute Gasteiger partial charge is 0.351 e. The Labute approximate surface area is 119 Å². The lowest BCUT2D eigenvalue weighted by Crippen LogP contribution is -2.34. The zero-order valence-corrected chi connectivity index (χ0v) is 11.8. The second-order valence-corrected chi connectivity index (χ2v) is 5.27. The third-order valence-corrected chi connectivity index (χ3v) is 3.30. The number of hydrogen-bond donors (Lipinski definition) is 2. The van der Waals surface area contributed by atoms with E-state index in [0.717, 1.165) is 19.8 Å². The minimum absolute atomic E-state index is 0.151. The Kier molecular flexibility index (Phi) is 4.22. The van der Waals surface area contributed by atoms with Gasteiger partial charge in [0, 0.05) is 6.04 Å². The number of halogens is 4. The molecule has 1 aromatic heterocycles. The van der Waals surface area contributed by atoms with Gasteiger partial charge in [0.25, 0.3) is 0 Å². The molecule has 2 atom stereocenters. The Morgan fingerprint density at radius 1 is 1.10 bits per heavy atom. The first-order valence-corrected chi connectivity index (χ1v) is 6.65. The molecule has 0 spiro atoms. The summed E-state index contributed by atoms with van der Waals surface area (Å²) >= 11 is 5.70. The van der Waals surface area contributed by atoms with Crippen LogP contribution in [0.1, 0.15) is 26.7 Å². The van der Waals surface area contributed by atoms with Gasteiger partial charge in [-0.15, -0.1) is 0 Å². The quantitative estimate of drug-likeness (QED) is 0.875. The fourth-order valence-electron chi connectivity index (χ4n) is 1.67. The molecule has 1 saturated carbocycles. The lowest BCUT2D eigenvalue weighted by Gasteiger charge is -2.18. The van der Waals surface area contributed by atoms with Gasteiger partial charge >= 0.3 is 6.18 Å².